The molecule has 1 aliphatic rings. The number of aromatic nitrogens is 2. The zero-order valence-corrected chi connectivity index (χ0v) is 32.1. The molecular formula is C31H55N5O13P2. The Morgan fingerprint density at radius 3 is 1.86 bits per heavy atom. The lowest BCUT2D eigenvalue weighted by Gasteiger charge is -2.18. The van der Waals surface area contributed by atoms with Crippen molar-refractivity contribution < 1.29 is 57.7 Å². The van der Waals surface area contributed by atoms with Gasteiger partial charge in [-0.1, -0.05) is 53.7 Å². The summed E-state index contributed by atoms with van der Waals surface area (Å²) in [5, 5.41) is 20.5. The van der Waals surface area contributed by atoms with E-state index in [9.17, 15) is 33.8 Å². The Morgan fingerprint density at radius 2 is 1.43 bits per heavy atom. The standard InChI is InChI=1S/C19H25N3O13P2.2C6H15N/c1-32-18(25)12-4-2-11(3-5-12)8-33-21-14-6-7-22(19(26)20-14)17-16(24)15(23)13(35-17)9-34-37(30,31)10-36(27,28)29;2*1-4-7(5-2)6-3/h2-7,13,15-17,23-24H,8-10H2,1H3,(H,30,31)(H,20,21,26)(H2,27,28,29);2*4-6H2,1-3H3/t13-,15-,16-,17-;;/m1../s1. The van der Waals surface area contributed by atoms with Crippen molar-refractivity contribution in [3.05, 3.63) is 58.1 Å². The van der Waals surface area contributed by atoms with Crippen molar-refractivity contribution in [2.24, 2.45) is 0 Å². The average molecular weight is 768 g/mol. The van der Waals surface area contributed by atoms with Crippen molar-refractivity contribution in [3.8, 4) is 0 Å². The third-order valence-corrected chi connectivity index (χ3v) is 11.2. The lowest BCUT2D eigenvalue weighted by Crippen LogP contribution is -2.36. The van der Waals surface area contributed by atoms with Crippen LogP contribution in [0.25, 0.3) is 0 Å². The van der Waals surface area contributed by atoms with Crippen LogP contribution < -0.4 is 11.2 Å². The van der Waals surface area contributed by atoms with Crippen LogP contribution in [0.15, 0.2) is 41.3 Å². The molecule has 1 aliphatic heterocycles. The smallest absolute Gasteiger partial charge is 0.351 e. The van der Waals surface area contributed by atoms with Crippen molar-refractivity contribution in [2.45, 2.75) is 72.7 Å². The second kappa shape index (κ2) is 23.2. The first-order chi connectivity index (χ1) is 24.0. The highest BCUT2D eigenvalue weighted by Gasteiger charge is 2.45. The highest BCUT2D eigenvalue weighted by molar-refractivity contribution is 7.70. The number of aliphatic hydroxyl groups is 2. The van der Waals surface area contributed by atoms with Crippen LogP contribution in [0.2, 0.25) is 0 Å². The summed E-state index contributed by atoms with van der Waals surface area (Å²) in [6, 6.07) is 7.72. The average Bonchev–Trinajstić information content (AvgIpc) is 3.37. The molecule has 1 aromatic carbocycles. The molecule has 3 rings (SSSR count). The molecule has 2 heterocycles. The second-order valence-electron chi connectivity index (χ2n) is 11.1. The molecule has 0 saturated carbocycles. The van der Waals surface area contributed by atoms with Gasteiger partial charge in [-0.2, -0.15) is 4.98 Å². The Hall–Kier alpha value is -2.57. The number of nitrogens with one attached hydrogen (secondary N) is 1. The van der Waals surface area contributed by atoms with Gasteiger partial charge in [0.1, 0.15) is 18.3 Å². The van der Waals surface area contributed by atoms with Crippen molar-refractivity contribution in [1.29, 1.82) is 0 Å². The largest absolute Gasteiger partial charge is 0.465 e. The topological polar surface area (TPSA) is 243 Å². The first-order valence-corrected chi connectivity index (χ1v) is 20.2. The zero-order chi connectivity index (χ0) is 38.8. The number of hydrogen-bond acceptors (Lipinski definition) is 14. The summed E-state index contributed by atoms with van der Waals surface area (Å²) >= 11 is 0. The maximum Gasteiger partial charge on any atom is 0.351 e. The summed E-state index contributed by atoms with van der Waals surface area (Å²) in [6.07, 6.45) is -4.95. The lowest BCUT2D eigenvalue weighted by molar-refractivity contribution is -0.0523. The number of benzene rings is 1. The van der Waals surface area contributed by atoms with Crippen LogP contribution in [0, 0.1) is 0 Å². The molecule has 51 heavy (non-hydrogen) atoms. The SMILES string of the molecule is CCN(CC)CC.CCN(CC)CC.COC(=O)c1ccc(CONc2ccn([C@@H]3O[C@H](COP(=O)(O)CP(=O)(O)O)[C@@H](O)[C@H]3O)c(=O)n2)cc1. The predicted molar refractivity (Wildman–Crippen MR) is 190 cm³/mol. The van der Waals surface area contributed by atoms with Gasteiger partial charge in [0.25, 0.3) is 0 Å². The van der Waals surface area contributed by atoms with Crippen molar-refractivity contribution in [3.63, 3.8) is 0 Å². The molecule has 1 unspecified atom stereocenters. The zero-order valence-electron chi connectivity index (χ0n) is 30.3. The molecule has 1 saturated heterocycles. The molecule has 0 radical (unpaired) electrons. The first-order valence-electron chi connectivity index (χ1n) is 16.6. The number of rotatable bonds is 17. The molecule has 292 valence electrons. The normalized spacial score (nSPS) is 19.8. The molecule has 0 amide bonds. The number of carbonyl (C=O) groups is 1. The maximum absolute atomic E-state index is 12.5. The van der Waals surface area contributed by atoms with Crippen LogP contribution in [0.4, 0.5) is 5.82 Å². The Morgan fingerprint density at radius 1 is 0.902 bits per heavy atom. The Labute approximate surface area is 299 Å². The minimum Gasteiger partial charge on any atom is -0.465 e. The number of hydrogen-bond donors (Lipinski definition) is 6. The quantitative estimate of drug-likeness (QED) is 0.0768. The summed E-state index contributed by atoms with van der Waals surface area (Å²) in [5.41, 5.74) is 2.64. The van der Waals surface area contributed by atoms with Gasteiger partial charge in [-0.05, 0) is 63.0 Å². The van der Waals surface area contributed by atoms with E-state index in [2.05, 4.69) is 71.1 Å². The molecule has 0 aliphatic carbocycles. The van der Waals surface area contributed by atoms with Crippen LogP contribution in [0.3, 0.4) is 0 Å². The van der Waals surface area contributed by atoms with Gasteiger partial charge in [-0.25, -0.2) is 15.1 Å². The third-order valence-electron chi connectivity index (χ3n) is 7.72. The maximum atomic E-state index is 12.5. The van der Waals surface area contributed by atoms with E-state index in [0.717, 1.165) is 4.57 Å². The van der Waals surface area contributed by atoms with E-state index >= 15 is 0 Å². The van der Waals surface area contributed by atoms with E-state index < -0.39 is 63.9 Å². The minimum absolute atomic E-state index is 0.0130. The van der Waals surface area contributed by atoms with Gasteiger partial charge in [0, 0.05) is 6.20 Å². The van der Waals surface area contributed by atoms with Crippen LogP contribution in [0.1, 0.15) is 63.7 Å². The Bertz CT molecular complexity index is 1430. The highest BCUT2D eigenvalue weighted by atomic mass is 31.2. The van der Waals surface area contributed by atoms with Crippen LogP contribution in [-0.4, -0.2) is 127 Å². The summed E-state index contributed by atoms with van der Waals surface area (Å²) < 4.78 is 38.2. The fourth-order valence-corrected chi connectivity index (χ4v) is 7.18. The van der Waals surface area contributed by atoms with Crippen molar-refractivity contribution in [2.75, 3.05) is 64.4 Å². The molecular weight excluding hydrogens is 712 g/mol. The fraction of sp³-hybridized carbons (Fsp3) is 0.645. The van der Waals surface area contributed by atoms with Crippen molar-refractivity contribution in [1.82, 2.24) is 19.4 Å². The molecule has 0 spiro atoms. The van der Waals surface area contributed by atoms with Gasteiger partial charge in [0.2, 0.25) is 0 Å². The number of ether oxygens (including phenoxy) is 2. The van der Waals surface area contributed by atoms with E-state index in [4.69, 9.17) is 19.4 Å². The number of aliphatic hydroxyl groups excluding tert-OH is 2. The van der Waals surface area contributed by atoms with Gasteiger partial charge in [-0.3, -0.25) is 18.5 Å². The molecule has 6 N–H and O–H groups in total. The molecule has 18 nitrogen and oxygen atoms in total. The third kappa shape index (κ3) is 16.8. The number of methoxy groups -OCH3 is 1. The number of nitrogens with zero attached hydrogens (tertiary/aromatic N) is 4. The monoisotopic (exact) mass is 767 g/mol. The van der Waals surface area contributed by atoms with Crippen LogP contribution in [0.5, 0.6) is 0 Å². The molecule has 2 aromatic rings. The Kier molecular flexibility index (Phi) is 21.1. The summed E-state index contributed by atoms with van der Waals surface area (Å²) in [5.74, 6) is -1.90. The van der Waals surface area contributed by atoms with E-state index in [1.54, 1.807) is 24.3 Å². The summed E-state index contributed by atoms with van der Waals surface area (Å²) in [6.45, 7) is 19.5. The number of esters is 1. The number of carbonyl (C=O) groups excluding carboxylic acids is 1. The predicted octanol–water partition coefficient (Wildman–Crippen LogP) is 2.23. The summed E-state index contributed by atoms with van der Waals surface area (Å²) in [7, 11) is -8.31. The van der Waals surface area contributed by atoms with E-state index in [0.29, 0.717) is 11.1 Å². The van der Waals surface area contributed by atoms with Gasteiger partial charge in [0.05, 0.1) is 25.9 Å². The van der Waals surface area contributed by atoms with E-state index in [1.807, 2.05) is 0 Å². The van der Waals surface area contributed by atoms with E-state index in [-0.39, 0.29) is 12.4 Å². The van der Waals surface area contributed by atoms with Gasteiger partial charge < -0.3 is 48.7 Å². The summed E-state index contributed by atoms with van der Waals surface area (Å²) in [4.78, 5) is 64.9. The second-order valence-corrected chi connectivity index (χ2v) is 15.1. The molecule has 0 bridgehead atoms. The van der Waals surface area contributed by atoms with E-state index in [1.165, 1.54) is 58.6 Å². The Balaban J connectivity index is 0.000000780. The van der Waals surface area contributed by atoms with Gasteiger partial charge in [0.15, 0.2) is 17.9 Å². The van der Waals surface area contributed by atoms with Gasteiger partial charge in [-0.15, -0.1) is 0 Å². The van der Waals surface area contributed by atoms with Gasteiger partial charge >= 0.3 is 26.9 Å². The molecule has 1 aromatic heterocycles. The van der Waals surface area contributed by atoms with Crippen LogP contribution in [-0.2, 0) is 34.6 Å². The van der Waals surface area contributed by atoms with Crippen LogP contribution >= 0.6 is 15.2 Å². The first kappa shape index (κ1) is 46.5. The molecule has 1 fully saturated rings. The highest BCUT2D eigenvalue weighted by Crippen LogP contribution is 2.55. The fourth-order valence-electron chi connectivity index (χ4n) is 4.61. The number of anilines is 1. The lowest BCUT2D eigenvalue weighted by atomic mass is 10.1. The van der Waals surface area contributed by atoms with Crippen molar-refractivity contribution >= 4 is 27.0 Å². The molecule has 5 atom stereocenters. The molecule has 20 heteroatoms. The minimum atomic E-state index is -4.86.